The first-order valence-corrected chi connectivity index (χ1v) is 11.2. The van der Waals surface area contributed by atoms with E-state index in [4.69, 9.17) is 14.7 Å². The lowest BCUT2D eigenvalue weighted by atomic mass is 10.1. The van der Waals surface area contributed by atoms with Gasteiger partial charge in [0, 0.05) is 17.2 Å². The molecule has 2 aromatic heterocycles. The minimum Gasteiger partial charge on any atom is -0.423 e. The molecule has 0 fully saturated rings. The van der Waals surface area contributed by atoms with Crippen molar-refractivity contribution in [3.8, 4) is 11.8 Å². The summed E-state index contributed by atoms with van der Waals surface area (Å²) in [7, 11) is 0. The molecule has 0 aliphatic rings. The second-order valence-electron chi connectivity index (χ2n) is 7.59. The fourth-order valence-corrected chi connectivity index (χ4v) is 4.72. The lowest BCUT2D eigenvalue weighted by molar-refractivity contribution is 0.559. The fourth-order valence-electron chi connectivity index (χ4n) is 3.72. The Kier molecular flexibility index (Phi) is 5.29. The van der Waals surface area contributed by atoms with Gasteiger partial charge in [-0.25, -0.2) is 9.78 Å². The van der Waals surface area contributed by atoms with E-state index >= 15 is 0 Å². The molecule has 5 rings (SSSR count). The first-order chi connectivity index (χ1) is 16.0. The number of aryl methyl sites for hydroxylation is 1. The largest absolute Gasteiger partial charge is 0.423 e. The van der Waals surface area contributed by atoms with Gasteiger partial charge in [-0.15, -0.1) is 0 Å². The molecule has 0 spiro atoms. The molecule has 0 atom stereocenters. The quantitative estimate of drug-likeness (QED) is 0.218. The summed E-state index contributed by atoms with van der Waals surface area (Å²) in [6, 6.07) is 23.3. The molecular formula is C26H17N3O3S. The lowest BCUT2D eigenvalue weighted by Gasteiger charge is -2.14. The Morgan fingerprint density at radius 2 is 1.79 bits per heavy atom. The van der Waals surface area contributed by atoms with Crippen LogP contribution < -0.4 is 11.2 Å². The number of para-hydroxylation sites is 1. The van der Waals surface area contributed by atoms with E-state index in [1.165, 1.54) is 17.8 Å². The van der Waals surface area contributed by atoms with Gasteiger partial charge < -0.3 is 4.42 Å². The molecule has 0 bridgehead atoms. The van der Waals surface area contributed by atoms with Gasteiger partial charge in [0.1, 0.15) is 5.58 Å². The van der Waals surface area contributed by atoms with Gasteiger partial charge in [-0.05, 0) is 60.5 Å². The molecule has 0 amide bonds. The van der Waals surface area contributed by atoms with E-state index in [2.05, 4.69) is 6.07 Å². The highest BCUT2D eigenvalue weighted by Crippen LogP contribution is 2.28. The second kappa shape index (κ2) is 8.41. The van der Waals surface area contributed by atoms with Crippen LogP contribution in [0.25, 0.3) is 27.6 Å². The molecular weight excluding hydrogens is 434 g/mol. The van der Waals surface area contributed by atoms with E-state index in [0.29, 0.717) is 38.6 Å². The lowest BCUT2D eigenvalue weighted by Crippen LogP contribution is -2.21. The van der Waals surface area contributed by atoms with E-state index < -0.39 is 5.63 Å². The average Bonchev–Trinajstić information content (AvgIpc) is 2.82. The van der Waals surface area contributed by atoms with Crippen LogP contribution in [-0.2, 0) is 5.75 Å². The Labute approximate surface area is 192 Å². The zero-order valence-corrected chi connectivity index (χ0v) is 18.4. The van der Waals surface area contributed by atoms with Gasteiger partial charge in [0.05, 0.1) is 28.2 Å². The topological polar surface area (TPSA) is 88.9 Å². The zero-order chi connectivity index (χ0) is 22.9. The molecule has 0 saturated carbocycles. The molecule has 2 heterocycles. The normalized spacial score (nSPS) is 11.0. The number of nitrogens with zero attached hydrogens (tertiary/aromatic N) is 3. The van der Waals surface area contributed by atoms with Crippen molar-refractivity contribution in [2.24, 2.45) is 0 Å². The summed E-state index contributed by atoms with van der Waals surface area (Å²) >= 11 is 1.37. The molecule has 7 heteroatoms. The first-order valence-electron chi connectivity index (χ1n) is 10.2. The number of rotatable bonds is 4. The number of benzene rings is 3. The smallest absolute Gasteiger partial charge is 0.336 e. The molecule has 6 nitrogen and oxygen atoms in total. The van der Waals surface area contributed by atoms with Crippen LogP contribution in [0, 0.1) is 18.3 Å². The number of hydrogen-bond donors (Lipinski definition) is 0. The molecule has 0 aliphatic heterocycles. The number of thioether (sulfide) groups is 1. The van der Waals surface area contributed by atoms with E-state index in [1.54, 1.807) is 47.0 Å². The Balaban J connectivity index is 1.64. The Morgan fingerprint density at radius 3 is 2.58 bits per heavy atom. The van der Waals surface area contributed by atoms with Gasteiger partial charge in [0.2, 0.25) is 0 Å². The predicted octanol–water partition coefficient (Wildman–Crippen LogP) is 4.96. The monoisotopic (exact) mass is 451 g/mol. The molecule has 0 unspecified atom stereocenters. The third kappa shape index (κ3) is 3.93. The van der Waals surface area contributed by atoms with Crippen LogP contribution in [0.3, 0.4) is 0 Å². The number of nitriles is 1. The molecule has 3 aromatic carbocycles. The highest BCUT2D eigenvalue weighted by Gasteiger charge is 2.15. The summed E-state index contributed by atoms with van der Waals surface area (Å²) in [4.78, 5) is 30.3. The minimum atomic E-state index is -0.417. The maximum absolute atomic E-state index is 13.4. The third-order valence-electron chi connectivity index (χ3n) is 5.34. The number of hydrogen-bond acceptors (Lipinski definition) is 6. The molecule has 0 radical (unpaired) electrons. The van der Waals surface area contributed by atoms with E-state index in [1.807, 2.05) is 31.2 Å². The summed E-state index contributed by atoms with van der Waals surface area (Å²) in [5, 5.41) is 11.0. The summed E-state index contributed by atoms with van der Waals surface area (Å²) in [5.74, 6) is 0.423. The third-order valence-corrected chi connectivity index (χ3v) is 6.33. The van der Waals surface area contributed by atoms with Gasteiger partial charge >= 0.3 is 5.63 Å². The van der Waals surface area contributed by atoms with Gasteiger partial charge in [-0.3, -0.25) is 9.36 Å². The van der Waals surface area contributed by atoms with Crippen LogP contribution in [0.2, 0.25) is 0 Å². The molecule has 160 valence electrons. The van der Waals surface area contributed by atoms with Crippen LogP contribution in [0.5, 0.6) is 0 Å². The standard InChI is InChI=1S/C26H17N3O3S/c1-16-6-11-20-18(13-24(30)32-23(20)12-16)15-33-26-28-22-5-3-2-4-21(22)25(31)29(26)19-9-7-17(14-27)8-10-19/h2-13H,15H2,1H3. The van der Waals surface area contributed by atoms with Crippen LogP contribution in [0.4, 0.5) is 0 Å². The SMILES string of the molecule is Cc1ccc2c(CSc3nc4ccccc4c(=O)n3-c3ccc(C#N)cc3)cc(=O)oc2c1. The number of fused-ring (bicyclic) bond motifs is 2. The van der Waals surface area contributed by atoms with Gasteiger partial charge in [-0.1, -0.05) is 36.0 Å². The van der Waals surface area contributed by atoms with Crippen LogP contribution in [0.1, 0.15) is 16.7 Å². The second-order valence-corrected chi connectivity index (χ2v) is 8.53. The van der Waals surface area contributed by atoms with E-state index in [-0.39, 0.29) is 5.56 Å². The molecule has 0 N–H and O–H groups in total. The predicted molar refractivity (Wildman–Crippen MR) is 129 cm³/mol. The maximum Gasteiger partial charge on any atom is 0.336 e. The summed E-state index contributed by atoms with van der Waals surface area (Å²) in [5.41, 5.74) is 3.46. The van der Waals surface area contributed by atoms with Crippen LogP contribution in [-0.4, -0.2) is 9.55 Å². The van der Waals surface area contributed by atoms with Crippen molar-refractivity contribution in [3.05, 3.63) is 110 Å². The highest BCUT2D eigenvalue weighted by molar-refractivity contribution is 7.98. The summed E-state index contributed by atoms with van der Waals surface area (Å²) in [6.07, 6.45) is 0. The first kappa shape index (κ1) is 20.7. The average molecular weight is 452 g/mol. The van der Waals surface area contributed by atoms with Crippen molar-refractivity contribution in [3.63, 3.8) is 0 Å². The van der Waals surface area contributed by atoms with Crippen LogP contribution >= 0.6 is 11.8 Å². The number of aromatic nitrogens is 2. The van der Waals surface area contributed by atoms with Crippen molar-refractivity contribution in [2.45, 2.75) is 17.8 Å². The molecule has 0 saturated heterocycles. The van der Waals surface area contributed by atoms with Gasteiger partial charge in [-0.2, -0.15) is 5.26 Å². The summed E-state index contributed by atoms with van der Waals surface area (Å²) in [6.45, 7) is 1.94. The van der Waals surface area contributed by atoms with E-state index in [0.717, 1.165) is 16.5 Å². The maximum atomic E-state index is 13.4. The van der Waals surface area contributed by atoms with Crippen molar-refractivity contribution < 1.29 is 4.42 Å². The summed E-state index contributed by atoms with van der Waals surface area (Å²) < 4.78 is 6.91. The van der Waals surface area contributed by atoms with Crippen LogP contribution in [0.15, 0.2) is 92.0 Å². The zero-order valence-electron chi connectivity index (χ0n) is 17.6. The van der Waals surface area contributed by atoms with Crippen molar-refractivity contribution in [2.75, 3.05) is 0 Å². The van der Waals surface area contributed by atoms with Gasteiger partial charge in [0.25, 0.3) is 5.56 Å². The molecule has 0 aliphatic carbocycles. The Bertz CT molecular complexity index is 1680. The van der Waals surface area contributed by atoms with Gasteiger partial charge in [0.15, 0.2) is 5.16 Å². The molecule has 5 aromatic rings. The van der Waals surface area contributed by atoms with Crippen molar-refractivity contribution in [1.82, 2.24) is 9.55 Å². The van der Waals surface area contributed by atoms with E-state index in [9.17, 15) is 9.59 Å². The Hall–Kier alpha value is -4.15. The minimum absolute atomic E-state index is 0.194. The van der Waals surface area contributed by atoms with Crippen molar-refractivity contribution in [1.29, 1.82) is 5.26 Å². The van der Waals surface area contributed by atoms with Crippen molar-refractivity contribution >= 4 is 33.6 Å². The Morgan fingerprint density at radius 1 is 1.00 bits per heavy atom. The molecule has 33 heavy (non-hydrogen) atoms. The highest BCUT2D eigenvalue weighted by atomic mass is 32.2. The fraction of sp³-hybridized carbons (Fsp3) is 0.0769.